The summed E-state index contributed by atoms with van der Waals surface area (Å²) >= 11 is 0. The maximum atomic E-state index is 12.4. The van der Waals surface area contributed by atoms with E-state index in [0.29, 0.717) is 12.2 Å². The fourth-order valence-corrected chi connectivity index (χ4v) is 2.39. The van der Waals surface area contributed by atoms with E-state index in [1.54, 1.807) is 6.07 Å². The third kappa shape index (κ3) is 4.71. The van der Waals surface area contributed by atoms with Gasteiger partial charge in [-0.1, -0.05) is 44.2 Å². The number of carbonyl (C=O) groups is 2. The van der Waals surface area contributed by atoms with Crippen molar-refractivity contribution in [3.05, 3.63) is 59.5 Å². The second-order valence-corrected chi connectivity index (χ2v) is 5.83. The van der Waals surface area contributed by atoms with Gasteiger partial charge in [-0.05, 0) is 30.0 Å². The number of carboxylic acid groups (broad SMARTS) is 1. The Labute approximate surface area is 135 Å². The van der Waals surface area contributed by atoms with Crippen LogP contribution in [0.4, 0.5) is 0 Å². The summed E-state index contributed by atoms with van der Waals surface area (Å²) in [6.07, 6.45) is 0.670. The summed E-state index contributed by atoms with van der Waals surface area (Å²) in [4.78, 5) is 23.2. The molecule has 0 fully saturated rings. The van der Waals surface area contributed by atoms with Crippen LogP contribution in [-0.2, 0) is 17.8 Å². The van der Waals surface area contributed by atoms with Gasteiger partial charge in [0.2, 0.25) is 11.7 Å². The van der Waals surface area contributed by atoms with Gasteiger partial charge in [0.05, 0.1) is 6.54 Å². The molecule has 0 saturated heterocycles. The Balaban J connectivity index is 1.96. The summed E-state index contributed by atoms with van der Waals surface area (Å²) in [5.41, 5.74) is 1.12. The highest BCUT2D eigenvalue weighted by molar-refractivity contribution is 5.84. The van der Waals surface area contributed by atoms with Crippen LogP contribution in [0.5, 0.6) is 0 Å². The minimum Gasteiger partial charge on any atom is -0.475 e. The summed E-state index contributed by atoms with van der Waals surface area (Å²) in [6.45, 7) is 4.22. The van der Waals surface area contributed by atoms with Crippen molar-refractivity contribution in [2.75, 3.05) is 0 Å². The molecule has 2 aromatic rings. The van der Waals surface area contributed by atoms with Gasteiger partial charge in [0.15, 0.2) is 0 Å². The lowest BCUT2D eigenvalue weighted by Crippen LogP contribution is -2.34. The van der Waals surface area contributed by atoms with Crippen LogP contribution in [0, 0.1) is 11.8 Å². The average molecular weight is 315 g/mol. The standard InChI is InChI=1S/C18H21NO4/c1-12(2)15(10-13-6-4-3-5-7-13)17(20)19-11-14-8-9-16(23-14)18(21)22/h3-9,12,15H,10-11H2,1-2H3,(H,19,20)(H,21,22). The first-order chi connectivity index (χ1) is 11.0. The van der Waals surface area contributed by atoms with Crippen LogP contribution >= 0.6 is 0 Å². The van der Waals surface area contributed by atoms with E-state index in [1.165, 1.54) is 6.07 Å². The number of furan rings is 1. The molecule has 5 heteroatoms. The number of carbonyl (C=O) groups excluding carboxylic acids is 1. The molecule has 122 valence electrons. The minimum atomic E-state index is -1.12. The molecule has 0 bridgehead atoms. The molecule has 0 spiro atoms. The van der Waals surface area contributed by atoms with E-state index < -0.39 is 5.97 Å². The molecule has 5 nitrogen and oxygen atoms in total. The molecule has 1 heterocycles. The van der Waals surface area contributed by atoms with Crippen LogP contribution in [0.1, 0.15) is 35.7 Å². The van der Waals surface area contributed by atoms with Gasteiger partial charge < -0.3 is 14.8 Å². The Morgan fingerprint density at radius 2 is 1.83 bits per heavy atom. The van der Waals surface area contributed by atoms with Crippen LogP contribution in [-0.4, -0.2) is 17.0 Å². The van der Waals surface area contributed by atoms with Gasteiger partial charge in [-0.2, -0.15) is 0 Å². The zero-order valence-electron chi connectivity index (χ0n) is 13.3. The molecule has 0 aliphatic rings. The van der Waals surface area contributed by atoms with E-state index in [9.17, 15) is 9.59 Å². The van der Waals surface area contributed by atoms with E-state index in [4.69, 9.17) is 9.52 Å². The van der Waals surface area contributed by atoms with Gasteiger partial charge in [-0.15, -0.1) is 0 Å². The fraction of sp³-hybridized carbons (Fsp3) is 0.333. The van der Waals surface area contributed by atoms with Gasteiger partial charge in [-0.3, -0.25) is 4.79 Å². The highest BCUT2D eigenvalue weighted by atomic mass is 16.4. The second-order valence-electron chi connectivity index (χ2n) is 5.83. The molecule has 1 unspecified atom stereocenters. The topological polar surface area (TPSA) is 79.5 Å². The van der Waals surface area contributed by atoms with Crippen molar-refractivity contribution in [1.82, 2.24) is 5.32 Å². The van der Waals surface area contributed by atoms with Crippen molar-refractivity contribution in [3.63, 3.8) is 0 Å². The van der Waals surface area contributed by atoms with Crippen LogP contribution in [0.2, 0.25) is 0 Å². The van der Waals surface area contributed by atoms with Gasteiger partial charge in [-0.25, -0.2) is 4.79 Å². The van der Waals surface area contributed by atoms with Crippen LogP contribution in [0.3, 0.4) is 0 Å². The first kappa shape index (κ1) is 16.8. The number of carboxylic acids is 1. The van der Waals surface area contributed by atoms with Crippen LogP contribution in [0.25, 0.3) is 0 Å². The van der Waals surface area contributed by atoms with Crippen molar-refractivity contribution in [2.24, 2.45) is 11.8 Å². The SMILES string of the molecule is CC(C)C(Cc1ccccc1)C(=O)NCc1ccc(C(=O)O)o1. The predicted molar refractivity (Wildman–Crippen MR) is 86.0 cm³/mol. The lowest BCUT2D eigenvalue weighted by molar-refractivity contribution is -0.126. The number of amides is 1. The largest absolute Gasteiger partial charge is 0.475 e. The Hall–Kier alpha value is -2.56. The zero-order chi connectivity index (χ0) is 16.8. The summed E-state index contributed by atoms with van der Waals surface area (Å²) < 4.78 is 5.14. The smallest absolute Gasteiger partial charge is 0.371 e. The zero-order valence-corrected chi connectivity index (χ0v) is 13.3. The molecule has 2 rings (SSSR count). The summed E-state index contributed by atoms with van der Waals surface area (Å²) in [6, 6.07) is 12.8. The van der Waals surface area contributed by atoms with Gasteiger partial charge >= 0.3 is 5.97 Å². The molecule has 1 atom stereocenters. The monoisotopic (exact) mass is 315 g/mol. The molecule has 23 heavy (non-hydrogen) atoms. The molecule has 0 aliphatic carbocycles. The van der Waals surface area contributed by atoms with E-state index in [2.05, 4.69) is 5.32 Å². The third-order valence-electron chi connectivity index (χ3n) is 3.75. The maximum Gasteiger partial charge on any atom is 0.371 e. The average Bonchev–Trinajstić information content (AvgIpc) is 3.00. The van der Waals surface area contributed by atoms with Crippen LogP contribution in [0.15, 0.2) is 46.9 Å². The quantitative estimate of drug-likeness (QED) is 0.823. The van der Waals surface area contributed by atoms with Crippen molar-refractivity contribution >= 4 is 11.9 Å². The molecular formula is C18H21NO4. The molecule has 1 aromatic carbocycles. The first-order valence-corrected chi connectivity index (χ1v) is 7.61. The van der Waals surface area contributed by atoms with Gasteiger partial charge in [0, 0.05) is 5.92 Å². The number of hydrogen-bond acceptors (Lipinski definition) is 3. The van der Waals surface area contributed by atoms with E-state index in [-0.39, 0.29) is 30.0 Å². The molecule has 0 saturated carbocycles. The van der Waals surface area contributed by atoms with Crippen molar-refractivity contribution in [2.45, 2.75) is 26.8 Å². The Bertz CT molecular complexity index is 661. The minimum absolute atomic E-state index is 0.0582. The molecule has 1 amide bonds. The first-order valence-electron chi connectivity index (χ1n) is 7.61. The van der Waals surface area contributed by atoms with Crippen molar-refractivity contribution < 1.29 is 19.1 Å². The fourth-order valence-electron chi connectivity index (χ4n) is 2.39. The number of aromatic carboxylic acids is 1. The second kappa shape index (κ2) is 7.63. The number of hydrogen-bond donors (Lipinski definition) is 2. The van der Waals surface area contributed by atoms with E-state index >= 15 is 0 Å². The summed E-state index contributed by atoms with van der Waals surface area (Å²) in [7, 11) is 0. The predicted octanol–water partition coefficient (Wildman–Crippen LogP) is 3.11. The third-order valence-corrected chi connectivity index (χ3v) is 3.75. The molecular weight excluding hydrogens is 294 g/mol. The number of rotatable bonds is 7. The van der Waals surface area contributed by atoms with Crippen molar-refractivity contribution in [1.29, 1.82) is 0 Å². The Morgan fingerprint density at radius 3 is 2.39 bits per heavy atom. The van der Waals surface area contributed by atoms with Gasteiger partial charge in [0.1, 0.15) is 5.76 Å². The summed E-state index contributed by atoms with van der Waals surface area (Å²) in [5, 5.41) is 11.6. The number of nitrogens with one attached hydrogen (secondary N) is 1. The molecule has 2 N–H and O–H groups in total. The Morgan fingerprint density at radius 1 is 1.13 bits per heavy atom. The lowest BCUT2D eigenvalue weighted by Gasteiger charge is -2.20. The lowest BCUT2D eigenvalue weighted by atomic mass is 9.88. The van der Waals surface area contributed by atoms with Crippen LogP contribution < -0.4 is 5.32 Å². The van der Waals surface area contributed by atoms with E-state index in [0.717, 1.165) is 5.56 Å². The van der Waals surface area contributed by atoms with Gasteiger partial charge in [0.25, 0.3) is 0 Å². The van der Waals surface area contributed by atoms with Crippen molar-refractivity contribution in [3.8, 4) is 0 Å². The highest BCUT2D eigenvalue weighted by Crippen LogP contribution is 2.18. The van der Waals surface area contributed by atoms with E-state index in [1.807, 2.05) is 44.2 Å². The molecule has 1 aromatic heterocycles. The Kier molecular flexibility index (Phi) is 5.57. The molecule has 0 aliphatic heterocycles. The molecule has 0 radical (unpaired) electrons. The maximum absolute atomic E-state index is 12.4. The number of benzene rings is 1. The highest BCUT2D eigenvalue weighted by Gasteiger charge is 2.22. The normalized spacial score (nSPS) is 12.1. The summed E-state index contributed by atoms with van der Waals surface area (Å²) in [5.74, 6) is -0.826.